The van der Waals surface area contributed by atoms with Crippen LogP contribution in [0.5, 0.6) is 0 Å². The van der Waals surface area contributed by atoms with Gasteiger partial charge in [0.1, 0.15) is 0 Å². The van der Waals surface area contributed by atoms with Crippen LogP contribution in [0, 0.1) is 0 Å². The van der Waals surface area contributed by atoms with Gasteiger partial charge in [0.2, 0.25) is 0 Å². The second-order valence-corrected chi connectivity index (χ2v) is 6.33. The van der Waals surface area contributed by atoms with Gasteiger partial charge in [0.05, 0.1) is 22.5 Å². The third-order valence-electron chi connectivity index (χ3n) is 4.25. The largest absolute Gasteiger partial charge is 0.416 e. The van der Waals surface area contributed by atoms with Gasteiger partial charge in [-0.15, -0.1) is 0 Å². The lowest BCUT2D eigenvalue weighted by Crippen LogP contribution is -2.04. The maximum atomic E-state index is 12.8. The van der Waals surface area contributed by atoms with E-state index in [0.717, 1.165) is 24.3 Å². The Kier molecular flexibility index (Phi) is 5.21. The van der Waals surface area contributed by atoms with Crippen LogP contribution in [-0.4, -0.2) is 10.8 Å². The van der Waals surface area contributed by atoms with Gasteiger partial charge in [-0.3, -0.25) is 4.79 Å². The minimum Gasteiger partial charge on any atom is -0.295 e. The molecular formula is C21H13F6NO. The molecule has 0 saturated carbocycles. The number of aromatic nitrogens is 1. The van der Waals surface area contributed by atoms with E-state index in [1.165, 1.54) is 43.3 Å². The Labute approximate surface area is 161 Å². The fraction of sp³-hybridized carbons (Fsp3) is 0.143. The molecule has 2 nitrogen and oxygen atoms in total. The molecule has 3 aromatic rings. The number of rotatable bonds is 3. The number of halogens is 6. The smallest absolute Gasteiger partial charge is 0.295 e. The topological polar surface area (TPSA) is 30.0 Å². The van der Waals surface area contributed by atoms with Gasteiger partial charge in [-0.05, 0) is 43.3 Å². The number of alkyl halides is 6. The summed E-state index contributed by atoms with van der Waals surface area (Å²) in [6.45, 7) is 1.31. The van der Waals surface area contributed by atoms with Gasteiger partial charge in [0.15, 0.2) is 5.78 Å². The van der Waals surface area contributed by atoms with Gasteiger partial charge in [-0.1, -0.05) is 24.3 Å². The fourth-order valence-corrected chi connectivity index (χ4v) is 2.69. The Morgan fingerprint density at radius 2 is 1.03 bits per heavy atom. The fourth-order valence-electron chi connectivity index (χ4n) is 2.69. The third-order valence-corrected chi connectivity index (χ3v) is 4.25. The molecule has 0 unspecified atom stereocenters. The van der Waals surface area contributed by atoms with Crippen LogP contribution in [-0.2, 0) is 12.4 Å². The highest BCUT2D eigenvalue weighted by atomic mass is 19.4. The Bertz CT molecular complexity index is 959. The summed E-state index contributed by atoms with van der Waals surface area (Å²) in [6.07, 6.45) is -8.98. The van der Waals surface area contributed by atoms with Crippen LogP contribution in [0.1, 0.15) is 28.4 Å². The van der Waals surface area contributed by atoms with E-state index >= 15 is 0 Å². The van der Waals surface area contributed by atoms with Crippen molar-refractivity contribution in [3.63, 3.8) is 0 Å². The first kappa shape index (κ1) is 20.6. The molecule has 0 fully saturated rings. The number of hydrogen-bond donors (Lipinski definition) is 0. The van der Waals surface area contributed by atoms with Crippen LogP contribution in [0.2, 0.25) is 0 Å². The number of pyridine rings is 1. The maximum absolute atomic E-state index is 12.8. The second kappa shape index (κ2) is 7.35. The first-order valence-corrected chi connectivity index (χ1v) is 8.33. The average Bonchev–Trinajstić information content (AvgIpc) is 2.66. The first-order chi connectivity index (χ1) is 13.4. The number of hydrogen-bond acceptors (Lipinski definition) is 2. The van der Waals surface area contributed by atoms with Crippen LogP contribution in [0.3, 0.4) is 0 Å². The Morgan fingerprint density at radius 3 is 1.31 bits per heavy atom. The molecule has 0 bridgehead atoms. The zero-order chi connectivity index (χ0) is 21.4. The molecule has 0 N–H and O–H groups in total. The van der Waals surface area contributed by atoms with Crippen LogP contribution in [0.15, 0.2) is 60.7 Å². The molecule has 2 aromatic carbocycles. The van der Waals surface area contributed by atoms with Crippen molar-refractivity contribution in [1.82, 2.24) is 4.98 Å². The molecule has 0 aliphatic heterocycles. The minimum atomic E-state index is -4.49. The summed E-state index contributed by atoms with van der Waals surface area (Å²) in [6, 6.07) is 11.4. The van der Waals surface area contributed by atoms with Crippen LogP contribution in [0.4, 0.5) is 26.3 Å². The third kappa shape index (κ3) is 4.64. The predicted octanol–water partition coefficient (Wildman–Crippen LogP) is 6.66. The molecule has 0 aliphatic rings. The zero-order valence-electron chi connectivity index (χ0n) is 14.9. The summed E-state index contributed by atoms with van der Waals surface area (Å²) in [5.74, 6) is -0.311. The average molecular weight is 409 g/mol. The normalized spacial score (nSPS) is 12.1. The SMILES string of the molecule is CC(=O)c1cc(-c2ccc(C(F)(F)F)cc2)nc(-c2ccc(C(F)(F)F)cc2)c1. The number of carbonyl (C=O) groups excluding carboxylic acids is 1. The highest BCUT2D eigenvalue weighted by Gasteiger charge is 2.31. The zero-order valence-corrected chi connectivity index (χ0v) is 14.9. The monoisotopic (exact) mass is 409 g/mol. The lowest BCUT2D eigenvalue weighted by Gasteiger charge is -2.11. The first-order valence-electron chi connectivity index (χ1n) is 8.33. The molecule has 8 heteroatoms. The van der Waals surface area contributed by atoms with E-state index in [2.05, 4.69) is 4.98 Å². The summed E-state index contributed by atoms with van der Waals surface area (Å²) < 4.78 is 76.5. The van der Waals surface area contributed by atoms with E-state index in [1.807, 2.05) is 0 Å². The summed E-state index contributed by atoms with van der Waals surface area (Å²) in [5.41, 5.74) is -0.255. The molecule has 0 aliphatic carbocycles. The van der Waals surface area contributed by atoms with Crippen LogP contribution < -0.4 is 0 Å². The van der Waals surface area contributed by atoms with E-state index in [1.54, 1.807) is 0 Å². The number of benzene rings is 2. The standard InChI is InChI=1S/C21H13F6NO/c1-12(29)15-10-18(13-2-6-16(7-3-13)20(22,23)24)28-19(11-15)14-4-8-17(9-5-14)21(25,26)27/h2-11H,1H3. The van der Waals surface area contributed by atoms with Gasteiger partial charge in [-0.25, -0.2) is 4.98 Å². The summed E-state index contributed by atoms with van der Waals surface area (Å²) in [5, 5.41) is 0. The van der Waals surface area contributed by atoms with Gasteiger partial charge in [0, 0.05) is 16.7 Å². The quantitative estimate of drug-likeness (QED) is 0.358. The Morgan fingerprint density at radius 1 is 0.690 bits per heavy atom. The molecule has 29 heavy (non-hydrogen) atoms. The summed E-state index contributed by atoms with van der Waals surface area (Å²) in [4.78, 5) is 16.2. The van der Waals surface area contributed by atoms with Crippen molar-refractivity contribution in [2.24, 2.45) is 0 Å². The highest BCUT2D eigenvalue weighted by Crippen LogP contribution is 2.33. The maximum Gasteiger partial charge on any atom is 0.416 e. The molecule has 1 aromatic heterocycles. The van der Waals surface area contributed by atoms with E-state index in [0.29, 0.717) is 11.1 Å². The van der Waals surface area contributed by atoms with Crippen molar-refractivity contribution in [3.8, 4) is 22.5 Å². The highest BCUT2D eigenvalue weighted by molar-refractivity contribution is 5.96. The molecule has 3 rings (SSSR count). The van der Waals surface area contributed by atoms with E-state index in [4.69, 9.17) is 0 Å². The van der Waals surface area contributed by atoms with E-state index in [9.17, 15) is 31.1 Å². The molecule has 0 atom stereocenters. The molecular weight excluding hydrogens is 396 g/mol. The molecule has 0 amide bonds. The van der Waals surface area contributed by atoms with Gasteiger partial charge in [0.25, 0.3) is 0 Å². The summed E-state index contributed by atoms with van der Waals surface area (Å²) in [7, 11) is 0. The second-order valence-electron chi connectivity index (χ2n) is 6.33. The lowest BCUT2D eigenvalue weighted by molar-refractivity contribution is -0.138. The van der Waals surface area contributed by atoms with E-state index in [-0.39, 0.29) is 22.7 Å². The Balaban J connectivity index is 2.06. The molecule has 150 valence electrons. The number of ketones is 1. The van der Waals surface area contributed by atoms with Crippen molar-refractivity contribution < 1.29 is 31.1 Å². The van der Waals surface area contributed by atoms with Crippen molar-refractivity contribution in [2.75, 3.05) is 0 Å². The van der Waals surface area contributed by atoms with Crippen LogP contribution >= 0.6 is 0 Å². The van der Waals surface area contributed by atoms with Crippen LogP contribution in [0.25, 0.3) is 22.5 Å². The van der Waals surface area contributed by atoms with E-state index < -0.39 is 23.5 Å². The minimum absolute atomic E-state index is 0.237. The molecule has 0 radical (unpaired) electrons. The molecule has 0 spiro atoms. The molecule has 0 saturated heterocycles. The van der Waals surface area contributed by atoms with Gasteiger partial charge < -0.3 is 0 Å². The lowest BCUT2D eigenvalue weighted by atomic mass is 10.0. The van der Waals surface area contributed by atoms with Crippen molar-refractivity contribution in [2.45, 2.75) is 19.3 Å². The van der Waals surface area contributed by atoms with Gasteiger partial charge in [-0.2, -0.15) is 26.3 Å². The summed E-state index contributed by atoms with van der Waals surface area (Å²) >= 11 is 0. The number of Topliss-reactive ketones (excluding diaryl/α,β-unsaturated/α-hetero) is 1. The van der Waals surface area contributed by atoms with Crippen molar-refractivity contribution in [1.29, 1.82) is 0 Å². The van der Waals surface area contributed by atoms with Crippen molar-refractivity contribution in [3.05, 3.63) is 77.4 Å². The number of nitrogens with zero attached hydrogens (tertiary/aromatic N) is 1. The number of carbonyl (C=O) groups is 1. The Hall–Kier alpha value is -3.16. The van der Waals surface area contributed by atoms with Crippen molar-refractivity contribution >= 4 is 5.78 Å². The van der Waals surface area contributed by atoms with Gasteiger partial charge >= 0.3 is 12.4 Å². The predicted molar refractivity (Wildman–Crippen MR) is 95.1 cm³/mol. The molecule has 1 heterocycles.